The number of methoxy groups -OCH3 is 1. The van der Waals surface area contributed by atoms with Crippen molar-refractivity contribution in [3.63, 3.8) is 0 Å². The number of nitrogens with zero attached hydrogens (tertiary/aromatic N) is 3. The van der Waals surface area contributed by atoms with E-state index in [1.54, 1.807) is 62.0 Å². The van der Waals surface area contributed by atoms with Crippen LogP contribution in [0.5, 0.6) is 5.75 Å². The van der Waals surface area contributed by atoms with Gasteiger partial charge >= 0.3 is 0 Å². The summed E-state index contributed by atoms with van der Waals surface area (Å²) in [5, 5.41) is 0. The van der Waals surface area contributed by atoms with Gasteiger partial charge in [0.1, 0.15) is 5.75 Å². The number of fused-ring (bicyclic) bond motifs is 1. The molecule has 1 atom stereocenters. The summed E-state index contributed by atoms with van der Waals surface area (Å²) in [6.45, 7) is 0.361. The molecule has 0 spiro atoms. The minimum Gasteiger partial charge on any atom is -0.497 e. The van der Waals surface area contributed by atoms with Crippen molar-refractivity contribution in [3.8, 4) is 5.75 Å². The van der Waals surface area contributed by atoms with Crippen LogP contribution in [0.1, 0.15) is 27.5 Å². The number of rotatable bonds is 5. The average molecular weight is 385 g/mol. The molecule has 0 fully saturated rings. The smallest absolute Gasteiger partial charge is 0.265 e. The van der Waals surface area contributed by atoms with E-state index in [4.69, 9.17) is 4.74 Å². The van der Waals surface area contributed by atoms with Gasteiger partial charge in [0.2, 0.25) is 5.91 Å². The van der Waals surface area contributed by atoms with Crippen molar-refractivity contribution in [1.29, 1.82) is 0 Å². The molecule has 0 saturated carbocycles. The molecule has 3 aromatic rings. The minimum absolute atomic E-state index is 0.341. The summed E-state index contributed by atoms with van der Waals surface area (Å²) in [5.74, 6) is -0.777. The lowest BCUT2D eigenvalue weighted by atomic mass is 9.89. The zero-order valence-corrected chi connectivity index (χ0v) is 15.9. The Kier molecular flexibility index (Phi) is 5.16. The molecular weight excluding hydrogens is 366 g/mol. The maximum Gasteiger partial charge on any atom is 0.265 e. The number of carbonyl (C=O) groups is 2. The zero-order valence-electron chi connectivity index (χ0n) is 15.9. The highest BCUT2D eigenvalue weighted by Gasteiger charge is 2.38. The number of ether oxygens (including phenoxy) is 1. The Morgan fingerprint density at radius 1 is 1.07 bits per heavy atom. The summed E-state index contributed by atoms with van der Waals surface area (Å²) in [7, 11) is 1.54. The van der Waals surface area contributed by atoms with Crippen molar-refractivity contribution in [2.24, 2.45) is 4.99 Å². The second-order valence-electron chi connectivity index (χ2n) is 6.56. The number of anilines is 1. The highest BCUT2D eigenvalue weighted by molar-refractivity contribution is 6.29. The number of hydrogen-bond acceptors (Lipinski definition) is 5. The highest BCUT2D eigenvalue weighted by atomic mass is 16.5. The molecule has 0 saturated heterocycles. The maximum absolute atomic E-state index is 13.3. The largest absolute Gasteiger partial charge is 0.497 e. The molecule has 6 nitrogen and oxygen atoms in total. The Hall–Kier alpha value is -3.80. The van der Waals surface area contributed by atoms with Gasteiger partial charge in [0.15, 0.2) is 0 Å². The Morgan fingerprint density at radius 3 is 2.69 bits per heavy atom. The van der Waals surface area contributed by atoms with E-state index in [2.05, 4.69) is 9.98 Å². The van der Waals surface area contributed by atoms with E-state index in [0.29, 0.717) is 29.1 Å². The minimum atomic E-state index is -0.654. The van der Waals surface area contributed by atoms with Crippen molar-refractivity contribution >= 4 is 23.7 Å². The predicted molar refractivity (Wildman–Crippen MR) is 110 cm³/mol. The van der Waals surface area contributed by atoms with Crippen molar-refractivity contribution in [2.75, 3.05) is 12.0 Å². The van der Waals surface area contributed by atoms with Gasteiger partial charge in [-0.15, -0.1) is 0 Å². The summed E-state index contributed by atoms with van der Waals surface area (Å²) in [6.07, 6.45) is 3.31. The van der Waals surface area contributed by atoms with Crippen molar-refractivity contribution in [2.45, 2.75) is 12.5 Å². The SMILES string of the molecule is COc1cccc(N2C(=O)c3ccccc3[C@@H](C=NCc3ccccn3)C2=O)c1. The zero-order chi connectivity index (χ0) is 20.2. The molecule has 0 unspecified atom stereocenters. The van der Waals surface area contributed by atoms with Gasteiger partial charge < -0.3 is 4.74 Å². The van der Waals surface area contributed by atoms with E-state index < -0.39 is 5.92 Å². The number of aromatic nitrogens is 1. The first kappa shape index (κ1) is 18.6. The van der Waals surface area contributed by atoms with Gasteiger partial charge in [-0.2, -0.15) is 0 Å². The van der Waals surface area contributed by atoms with Gasteiger partial charge in [0.25, 0.3) is 5.91 Å². The van der Waals surface area contributed by atoms with Gasteiger partial charge in [-0.05, 0) is 35.9 Å². The second kappa shape index (κ2) is 8.06. The first-order chi connectivity index (χ1) is 14.2. The van der Waals surface area contributed by atoms with E-state index in [1.807, 2.05) is 24.3 Å². The third-order valence-electron chi connectivity index (χ3n) is 4.76. The number of benzene rings is 2. The van der Waals surface area contributed by atoms with Crippen molar-refractivity contribution < 1.29 is 14.3 Å². The van der Waals surface area contributed by atoms with Crippen LogP contribution in [-0.2, 0) is 11.3 Å². The average Bonchev–Trinajstić information content (AvgIpc) is 2.77. The first-order valence-corrected chi connectivity index (χ1v) is 9.20. The van der Waals surface area contributed by atoms with Crippen molar-refractivity contribution in [3.05, 3.63) is 89.7 Å². The molecule has 6 heteroatoms. The van der Waals surface area contributed by atoms with Crippen LogP contribution in [0.3, 0.4) is 0 Å². The van der Waals surface area contributed by atoms with Gasteiger partial charge in [-0.3, -0.25) is 19.6 Å². The quantitative estimate of drug-likeness (QED) is 0.497. The number of carbonyl (C=O) groups excluding carboxylic acids is 2. The molecule has 2 heterocycles. The van der Waals surface area contributed by atoms with Crippen LogP contribution in [0.15, 0.2) is 77.9 Å². The Morgan fingerprint density at radius 2 is 1.90 bits per heavy atom. The molecule has 144 valence electrons. The van der Waals surface area contributed by atoms with Crippen LogP contribution in [0.2, 0.25) is 0 Å². The fourth-order valence-corrected chi connectivity index (χ4v) is 3.34. The van der Waals surface area contributed by atoms with Crippen LogP contribution in [0, 0.1) is 0 Å². The lowest BCUT2D eigenvalue weighted by molar-refractivity contribution is -0.118. The number of hydrogen-bond donors (Lipinski definition) is 0. The molecule has 0 radical (unpaired) electrons. The Balaban J connectivity index is 1.71. The third kappa shape index (κ3) is 3.65. The summed E-state index contributed by atoms with van der Waals surface area (Å²) >= 11 is 0. The van der Waals surface area contributed by atoms with E-state index >= 15 is 0 Å². The molecule has 0 bridgehead atoms. The standard InChI is InChI=1S/C23H19N3O3/c1-29-18-9-6-8-17(13-18)26-22(27)20-11-3-2-10-19(20)21(23(26)28)15-24-14-16-7-4-5-12-25-16/h2-13,15,21H,14H2,1H3/t21-/m1/s1. The molecule has 0 aliphatic carbocycles. The lowest BCUT2D eigenvalue weighted by Gasteiger charge is -2.31. The van der Waals surface area contributed by atoms with Gasteiger partial charge in [0, 0.05) is 24.0 Å². The number of pyridine rings is 1. The van der Waals surface area contributed by atoms with Crippen molar-refractivity contribution in [1.82, 2.24) is 4.98 Å². The fourth-order valence-electron chi connectivity index (χ4n) is 3.34. The Bertz CT molecular complexity index is 1080. The molecule has 4 rings (SSSR count). The first-order valence-electron chi connectivity index (χ1n) is 9.20. The molecule has 1 aliphatic rings. The van der Waals surface area contributed by atoms with Gasteiger partial charge in [0.05, 0.1) is 31.0 Å². The molecule has 2 aromatic carbocycles. The van der Waals surface area contributed by atoms with Gasteiger partial charge in [-0.1, -0.05) is 30.3 Å². The monoisotopic (exact) mass is 385 g/mol. The molecule has 29 heavy (non-hydrogen) atoms. The lowest BCUT2D eigenvalue weighted by Crippen LogP contribution is -2.45. The summed E-state index contributed by atoms with van der Waals surface area (Å²) in [6, 6.07) is 19.6. The second-order valence-corrected chi connectivity index (χ2v) is 6.56. The predicted octanol–water partition coefficient (Wildman–Crippen LogP) is 3.63. The van der Waals surface area contributed by atoms with Crippen LogP contribution >= 0.6 is 0 Å². The topological polar surface area (TPSA) is 71.9 Å². The maximum atomic E-state index is 13.3. The normalized spacial score (nSPS) is 16.2. The highest BCUT2D eigenvalue weighted by Crippen LogP contribution is 2.33. The molecule has 2 amide bonds. The summed E-state index contributed by atoms with van der Waals surface area (Å²) in [4.78, 5) is 36.2. The number of imide groups is 1. The van der Waals surface area contributed by atoms with Gasteiger partial charge in [-0.25, -0.2) is 4.90 Å². The number of aliphatic imine (C=N–C) groups is 1. The molecule has 1 aromatic heterocycles. The van der Waals surface area contributed by atoms with Crippen LogP contribution < -0.4 is 9.64 Å². The van der Waals surface area contributed by atoms with E-state index in [-0.39, 0.29) is 11.8 Å². The Labute approximate surface area is 168 Å². The third-order valence-corrected chi connectivity index (χ3v) is 4.76. The molecule has 1 aliphatic heterocycles. The summed E-state index contributed by atoms with van der Waals surface area (Å²) < 4.78 is 5.24. The van der Waals surface area contributed by atoms with Crippen LogP contribution in [-0.4, -0.2) is 30.1 Å². The van der Waals surface area contributed by atoms with E-state index in [1.165, 1.54) is 4.90 Å². The molecular formula is C23H19N3O3. The number of amides is 2. The van der Waals surface area contributed by atoms with E-state index in [0.717, 1.165) is 5.69 Å². The summed E-state index contributed by atoms with van der Waals surface area (Å²) in [5.41, 5.74) is 2.42. The van der Waals surface area contributed by atoms with Crippen LogP contribution in [0.4, 0.5) is 5.69 Å². The van der Waals surface area contributed by atoms with Crippen LogP contribution in [0.25, 0.3) is 0 Å². The fraction of sp³-hybridized carbons (Fsp3) is 0.130. The van der Waals surface area contributed by atoms with E-state index in [9.17, 15) is 9.59 Å². The molecule has 0 N–H and O–H groups in total.